The van der Waals surface area contributed by atoms with Crippen LogP contribution in [0.15, 0.2) is 54.7 Å². The number of nitrogens with zero attached hydrogens (tertiary/aromatic N) is 2. The van der Waals surface area contributed by atoms with Gasteiger partial charge >= 0.3 is 0 Å². The second kappa shape index (κ2) is 7.93. The molecule has 1 saturated heterocycles. The number of carbonyl (C=O) groups is 1. The van der Waals surface area contributed by atoms with Gasteiger partial charge in [-0.25, -0.2) is 4.98 Å². The largest absolute Gasteiger partial charge is 0.356 e. The van der Waals surface area contributed by atoms with Gasteiger partial charge < -0.3 is 16.0 Å². The van der Waals surface area contributed by atoms with Crippen molar-refractivity contribution in [3.8, 4) is 0 Å². The van der Waals surface area contributed by atoms with Crippen molar-refractivity contribution < 1.29 is 4.79 Å². The van der Waals surface area contributed by atoms with Crippen LogP contribution in [0.4, 0.5) is 5.82 Å². The van der Waals surface area contributed by atoms with Crippen LogP contribution in [0.1, 0.15) is 24.3 Å². The van der Waals surface area contributed by atoms with E-state index in [4.69, 9.17) is 5.73 Å². The van der Waals surface area contributed by atoms with E-state index in [1.165, 1.54) is 0 Å². The van der Waals surface area contributed by atoms with Gasteiger partial charge in [-0.05, 0) is 30.5 Å². The second-order valence-corrected chi connectivity index (χ2v) is 6.16. The highest BCUT2D eigenvalue weighted by Gasteiger charge is 2.25. The number of nitrogens with two attached hydrogens (primary N) is 1. The number of carbonyl (C=O) groups excluding carboxylic acids is 1. The molecule has 1 aliphatic rings. The first kappa shape index (κ1) is 16.5. The first-order valence-corrected chi connectivity index (χ1v) is 8.49. The van der Waals surface area contributed by atoms with Gasteiger partial charge in [0.2, 0.25) is 5.91 Å². The molecule has 5 nitrogen and oxygen atoms in total. The van der Waals surface area contributed by atoms with Gasteiger partial charge in [0.25, 0.3) is 0 Å². The molecule has 1 fully saturated rings. The minimum atomic E-state index is -0.278. The molecule has 0 spiro atoms. The maximum absolute atomic E-state index is 12.6. The topological polar surface area (TPSA) is 71.2 Å². The average Bonchev–Trinajstić information content (AvgIpc) is 2.64. The first-order valence-electron chi connectivity index (χ1n) is 8.49. The van der Waals surface area contributed by atoms with Crippen molar-refractivity contribution in [2.24, 2.45) is 5.73 Å². The van der Waals surface area contributed by atoms with Crippen LogP contribution in [0.25, 0.3) is 0 Å². The van der Waals surface area contributed by atoms with E-state index in [1.807, 2.05) is 54.7 Å². The Morgan fingerprint density at radius 1 is 1.17 bits per heavy atom. The molecule has 0 radical (unpaired) electrons. The number of pyridine rings is 1. The van der Waals surface area contributed by atoms with Crippen molar-refractivity contribution in [3.63, 3.8) is 0 Å². The third-order valence-corrected chi connectivity index (χ3v) is 4.57. The number of nitrogens with one attached hydrogen (secondary N) is 1. The van der Waals surface area contributed by atoms with Gasteiger partial charge in [-0.1, -0.05) is 36.4 Å². The van der Waals surface area contributed by atoms with Crippen molar-refractivity contribution in [1.82, 2.24) is 10.3 Å². The van der Waals surface area contributed by atoms with Gasteiger partial charge in [-0.15, -0.1) is 0 Å². The Hall–Kier alpha value is -2.40. The second-order valence-electron chi connectivity index (χ2n) is 6.16. The van der Waals surface area contributed by atoms with Crippen molar-refractivity contribution in [3.05, 3.63) is 60.3 Å². The average molecular weight is 324 g/mol. The van der Waals surface area contributed by atoms with Crippen molar-refractivity contribution in [2.45, 2.75) is 24.8 Å². The summed E-state index contributed by atoms with van der Waals surface area (Å²) >= 11 is 0. The van der Waals surface area contributed by atoms with Gasteiger partial charge in [0, 0.05) is 31.9 Å². The highest BCUT2D eigenvalue weighted by atomic mass is 16.2. The predicted octanol–water partition coefficient (Wildman–Crippen LogP) is 1.91. The smallest absolute Gasteiger partial charge is 0.229 e. The molecule has 1 aromatic heterocycles. The zero-order valence-corrected chi connectivity index (χ0v) is 13.8. The van der Waals surface area contributed by atoms with E-state index in [2.05, 4.69) is 15.2 Å². The summed E-state index contributed by atoms with van der Waals surface area (Å²) in [5.74, 6) is 0.756. The maximum atomic E-state index is 12.6. The standard InChI is InChI=1S/C19H24N4O/c20-14-17(15-6-2-1-3-7-15)19(24)22-16-9-12-23(13-10-16)18-8-4-5-11-21-18/h1-8,11,16-17H,9-10,12-14,20H2,(H,22,24). The van der Waals surface area contributed by atoms with E-state index in [-0.39, 0.29) is 17.9 Å². The molecule has 2 heterocycles. The summed E-state index contributed by atoms with van der Waals surface area (Å²) in [4.78, 5) is 19.2. The number of anilines is 1. The highest BCUT2D eigenvalue weighted by Crippen LogP contribution is 2.19. The third-order valence-electron chi connectivity index (χ3n) is 4.57. The number of hydrogen-bond donors (Lipinski definition) is 2. The zero-order valence-electron chi connectivity index (χ0n) is 13.8. The molecule has 1 aliphatic heterocycles. The lowest BCUT2D eigenvalue weighted by Crippen LogP contribution is -2.47. The van der Waals surface area contributed by atoms with E-state index in [9.17, 15) is 4.79 Å². The minimum Gasteiger partial charge on any atom is -0.356 e. The molecule has 0 aliphatic carbocycles. The summed E-state index contributed by atoms with van der Waals surface area (Å²) in [6, 6.07) is 15.9. The quantitative estimate of drug-likeness (QED) is 0.881. The number of benzene rings is 1. The molecule has 126 valence electrons. The van der Waals surface area contributed by atoms with Crippen LogP contribution in [0.5, 0.6) is 0 Å². The fourth-order valence-corrected chi connectivity index (χ4v) is 3.18. The number of amides is 1. The Morgan fingerprint density at radius 2 is 1.88 bits per heavy atom. The molecule has 0 saturated carbocycles. The Balaban J connectivity index is 1.55. The molecule has 3 rings (SSSR count). The minimum absolute atomic E-state index is 0.0278. The number of aromatic nitrogens is 1. The molecular weight excluding hydrogens is 300 g/mol. The molecule has 1 aromatic carbocycles. The van der Waals surface area contributed by atoms with Gasteiger partial charge in [0.15, 0.2) is 0 Å². The molecule has 24 heavy (non-hydrogen) atoms. The first-order chi connectivity index (χ1) is 11.8. The SMILES string of the molecule is NCC(C(=O)NC1CCN(c2ccccn2)CC1)c1ccccc1. The Kier molecular flexibility index (Phi) is 5.43. The van der Waals surface area contributed by atoms with Gasteiger partial charge in [-0.2, -0.15) is 0 Å². The molecule has 1 unspecified atom stereocenters. The van der Waals surface area contributed by atoms with E-state index < -0.39 is 0 Å². The van der Waals surface area contributed by atoms with Crippen LogP contribution in [-0.4, -0.2) is 36.6 Å². The molecule has 0 bridgehead atoms. The van der Waals surface area contributed by atoms with Crippen LogP contribution < -0.4 is 16.0 Å². The normalized spacial score (nSPS) is 16.6. The van der Waals surface area contributed by atoms with Crippen LogP contribution in [0.3, 0.4) is 0 Å². The number of rotatable bonds is 5. The van der Waals surface area contributed by atoms with Gasteiger partial charge in [-0.3, -0.25) is 4.79 Å². The maximum Gasteiger partial charge on any atom is 0.229 e. The fraction of sp³-hybridized carbons (Fsp3) is 0.368. The van der Waals surface area contributed by atoms with Crippen molar-refractivity contribution >= 4 is 11.7 Å². The monoisotopic (exact) mass is 324 g/mol. The highest BCUT2D eigenvalue weighted by molar-refractivity contribution is 5.84. The van der Waals surface area contributed by atoms with E-state index >= 15 is 0 Å². The van der Waals surface area contributed by atoms with Crippen LogP contribution >= 0.6 is 0 Å². The summed E-state index contributed by atoms with van der Waals surface area (Å²) in [6.45, 7) is 2.13. The Morgan fingerprint density at radius 3 is 2.50 bits per heavy atom. The van der Waals surface area contributed by atoms with Crippen LogP contribution in [-0.2, 0) is 4.79 Å². The van der Waals surface area contributed by atoms with Gasteiger partial charge in [0.05, 0.1) is 5.92 Å². The van der Waals surface area contributed by atoms with Crippen molar-refractivity contribution in [2.75, 3.05) is 24.5 Å². The predicted molar refractivity (Wildman–Crippen MR) is 95.9 cm³/mol. The molecule has 3 N–H and O–H groups in total. The summed E-state index contributed by atoms with van der Waals surface area (Å²) in [6.07, 6.45) is 3.66. The number of hydrogen-bond acceptors (Lipinski definition) is 4. The third kappa shape index (κ3) is 3.92. The zero-order chi connectivity index (χ0) is 16.8. The molecule has 2 aromatic rings. The Labute approximate surface area is 142 Å². The lowest BCUT2D eigenvalue weighted by Gasteiger charge is -2.33. The summed E-state index contributed by atoms with van der Waals surface area (Å²) in [5, 5.41) is 3.17. The Bertz CT molecular complexity index is 639. The molecule has 5 heteroatoms. The van der Waals surface area contributed by atoms with Crippen LogP contribution in [0.2, 0.25) is 0 Å². The lowest BCUT2D eigenvalue weighted by molar-refractivity contribution is -0.123. The van der Waals surface area contributed by atoms with Crippen LogP contribution in [0, 0.1) is 0 Å². The number of piperidine rings is 1. The van der Waals surface area contributed by atoms with E-state index in [0.717, 1.165) is 37.3 Å². The van der Waals surface area contributed by atoms with E-state index in [0.29, 0.717) is 6.54 Å². The molecule has 1 atom stereocenters. The fourth-order valence-electron chi connectivity index (χ4n) is 3.18. The van der Waals surface area contributed by atoms with Gasteiger partial charge in [0.1, 0.15) is 5.82 Å². The summed E-state index contributed by atoms with van der Waals surface area (Å²) in [7, 11) is 0. The van der Waals surface area contributed by atoms with E-state index in [1.54, 1.807) is 0 Å². The molecular formula is C19H24N4O. The van der Waals surface area contributed by atoms with Crippen molar-refractivity contribution in [1.29, 1.82) is 0 Å². The summed E-state index contributed by atoms with van der Waals surface area (Å²) in [5.41, 5.74) is 6.81. The molecule has 1 amide bonds. The lowest BCUT2D eigenvalue weighted by atomic mass is 9.97. The summed E-state index contributed by atoms with van der Waals surface area (Å²) < 4.78 is 0.